The Morgan fingerprint density at radius 1 is 0.964 bits per heavy atom. The van der Waals surface area contributed by atoms with Gasteiger partial charge in [0.15, 0.2) is 5.96 Å². The molecule has 0 atom stereocenters. The number of hydrogen-bond donors (Lipinski definition) is 2. The minimum Gasteiger partial charge on any atom is -0.357 e. The van der Waals surface area contributed by atoms with E-state index in [9.17, 15) is 4.79 Å². The van der Waals surface area contributed by atoms with Crippen LogP contribution in [0.25, 0.3) is 0 Å². The van der Waals surface area contributed by atoms with E-state index >= 15 is 0 Å². The SMILES string of the molecule is CCNC(=NCCCCN1CCN(CC)CC1)NCCC(=O)N(CC)CC.I. The third kappa shape index (κ3) is 11.4. The van der Waals surface area contributed by atoms with Gasteiger partial charge in [0, 0.05) is 65.3 Å². The first kappa shape index (κ1) is 27.4. The van der Waals surface area contributed by atoms with Crippen LogP contribution in [0.15, 0.2) is 4.99 Å². The number of unbranched alkanes of at least 4 members (excludes halogenated alkanes) is 1. The van der Waals surface area contributed by atoms with Crippen molar-refractivity contribution in [1.29, 1.82) is 0 Å². The number of carbonyl (C=O) groups excluding carboxylic acids is 1. The highest BCUT2D eigenvalue weighted by Crippen LogP contribution is 2.03. The monoisotopic (exact) mass is 510 g/mol. The van der Waals surface area contributed by atoms with Gasteiger partial charge in [0.05, 0.1) is 0 Å². The average molecular weight is 511 g/mol. The Balaban J connectivity index is 0.00000729. The molecule has 7 nitrogen and oxygen atoms in total. The van der Waals surface area contributed by atoms with Crippen LogP contribution < -0.4 is 10.6 Å². The number of halogens is 1. The van der Waals surface area contributed by atoms with Crippen molar-refractivity contribution in [3.8, 4) is 0 Å². The van der Waals surface area contributed by atoms with Crippen LogP contribution in [0.2, 0.25) is 0 Å². The number of carbonyl (C=O) groups is 1. The zero-order valence-corrected chi connectivity index (χ0v) is 20.8. The molecule has 1 aliphatic rings. The summed E-state index contributed by atoms with van der Waals surface area (Å²) in [6, 6.07) is 0. The van der Waals surface area contributed by atoms with Crippen molar-refractivity contribution in [2.75, 3.05) is 72.0 Å². The molecule has 0 saturated carbocycles. The molecule has 0 spiro atoms. The van der Waals surface area contributed by atoms with Crippen LogP contribution in [0, 0.1) is 0 Å². The normalized spacial score (nSPS) is 15.8. The first-order valence-corrected chi connectivity index (χ1v) is 10.9. The fourth-order valence-corrected chi connectivity index (χ4v) is 3.33. The molecule has 1 heterocycles. The molecular weight excluding hydrogens is 467 g/mol. The van der Waals surface area contributed by atoms with Crippen LogP contribution in [-0.2, 0) is 4.79 Å². The van der Waals surface area contributed by atoms with E-state index in [0.717, 1.165) is 38.6 Å². The van der Waals surface area contributed by atoms with Gasteiger partial charge >= 0.3 is 0 Å². The van der Waals surface area contributed by atoms with E-state index in [2.05, 4.69) is 39.3 Å². The van der Waals surface area contributed by atoms with Crippen LogP contribution in [-0.4, -0.2) is 98.6 Å². The minimum atomic E-state index is 0. The van der Waals surface area contributed by atoms with Gasteiger partial charge in [0.2, 0.25) is 5.91 Å². The van der Waals surface area contributed by atoms with Crippen LogP contribution in [0.1, 0.15) is 47.0 Å². The summed E-state index contributed by atoms with van der Waals surface area (Å²) in [5.74, 6) is 1.02. The number of rotatable bonds is 12. The number of hydrogen-bond acceptors (Lipinski definition) is 4. The summed E-state index contributed by atoms with van der Waals surface area (Å²) in [7, 11) is 0. The predicted octanol–water partition coefficient (Wildman–Crippen LogP) is 1.84. The molecule has 1 amide bonds. The van der Waals surface area contributed by atoms with Gasteiger partial charge in [-0.1, -0.05) is 6.92 Å². The minimum absolute atomic E-state index is 0. The Hall–Kier alpha value is -0.610. The number of amides is 1. The van der Waals surface area contributed by atoms with Crippen molar-refractivity contribution in [1.82, 2.24) is 25.3 Å². The summed E-state index contributed by atoms with van der Waals surface area (Å²) in [6.07, 6.45) is 2.80. The summed E-state index contributed by atoms with van der Waals surface area (Å²) in [4.78, 5) is 23.6. The first-order valence-electron chi connectivity index (χ1n) is 10.9. The second-order valence-electron chi connectivity index (χ2n) is 6.99. The summed E-state index contributed by atoms with van der Waals surface area (Å²) in [6.45, 7) is 19.3. The van der Waals surface area contributed by atoms with Crippen molar-refractivity contribution < 1.29 is 4.79 Å². The van der Waals surface area contributed by atoms with Gasteiger partial charge in [0.1, 0.15) is 0 Å². The smallest absolute Gasteiger partial charge is 0.224 e. The van der Waals surface area contributed by atoms with Gasteiger partial charge in [-0.25, -0.2) is 0 Å². The van der Waals surface area contributed by atoms with Gasteiger partial charge in [-0.3, -0.25) is 9.79 Å². The number of likely N-dealkylation sites (N-methyl/N-ethyl adjacent to an activating group) is 1. The van der Waals surface area contributed by atoms with E-state index in [1.807, 2.05) is 18.7 Å². The molecule has 1 aliphatic heterocycles. The van der Waals surface area contributed by atoms with E-state index < -0.39 is 0 Å². The van der Waals surface area contributed by atoms with Gasteiger partial charge in [-0.05, 0) is 46.7 Å². The lowest BCUT2D eigenvalue weighted by atomic mass is 10.2. The molecule has 1 rings (SSSR count). The molecule has 1 fully saturated rings. The largest absolute Gasteiger partial charge is 0.357 e. The molecule has 8 heteroatoms. The molecule has 0 radical (unpaired) electrons. The number of aliphatic imine (C=N–C) groups is 1. The van der Waals surface area contributed by atoms with E-state index in [4.69, 9.17) is 0 Å². The molecule has 0 unspecified atom stereocenters. The maximum absolute atomic E-state index is 12.1. The third-order valence-corrected chi connectivity index (χ3v) is 5.16. The highest BCUT2D eigenvalue weighted by molar-refractivity contribution is 14.0. The molecule has 166 valence electrons. The quantitative estimate of drug-likeness (QED) is 0.182. The van der Waals surface area contributed by atoms with Gasteiger partial charge in [-0.15, -0.1) is 24.0 Å². The van der Waals surface area contributed by atoms with Crippen LogP contribution in [0.3, 0.4) is 0 Å². The Morgan fingerprint density at radius 2 is 1.61 bits per heavy atom. The molecule has 0 aromatic rings. The van der Waals surface area contributed by atoms with Gasteiger partial charge < -0.3 is 25.3 Å². The highest BCUT2D eigenvalue weighted by atomic mass is 127. The fraction of sp³-hybridized carbons (Fsp3) is 0.900. The van der Waals surface area contributed by atoms with Crippen LogP contribution >= 0.6 is 24.0 Å². The molecule has 0 bridgehead atoms. The van der Waals surface area contributed by atoms with Crippen molar-refractivity contribution in [2.24, 2.45) is 4.99 Å². The van der Waals surface area contributed by atoms with E-state index in [-0.39, 0.29) is 29.9 Å². The van der Waals surface area contributed by atoms with Crippen molar-refractivity contribution in [3.05, 3.63) is 0 Å². The second kappa shape index (κ2) is 17.3. The van der Waals surface area contributed by atoms with E-state index in [1.165, 1.54) is 45.7 Å². The van der Waals surface area contributed by atoms with Crippen molar-refractivity contribution in [3.63, 3.8) is 0 Å². The number of nitrogens with one attached hydrogen (secondary N) is 2. The van der Waals surface area contributed by atoms with Crippen LogP contribution in [0.4, 0.5) is 0 Å². The Labute approximate surface area is 189 Å². The molecule has 0 aliphatic carbocycles. The molecule has 28 heavy (non-hydrogen) atoms. The maximum Gasteiger partial charge on any atom is 0.224 e. The Morgan fingerprint density at radius 3 is 2.18 bits per heavy atom. The van der Waals surface area contributed by atoms with Gasteiger partial charge in [-0.2, -0.15) is 0 Å². The zero-order chi connectivity index (χ0) is 19.9. The Bertz CT molecular complexity index is 423. The summed E-state index contributed by atoms with van der Waals surface area (Å²) < 4.78 is 0. The molecule has 2 N–H and O–H groups in total. The van der Waals surface area contributed by atoms with Crippen molar-refractivity contribution in [2.45, 2.75) is 47.0 Å². The lowest BCUT2D eigenvalue weighted by molar-refractivity contribution is -0.130. The second-order valence-corrected chi connectivity index (χ2v) is 6.99. The maximum atomic E-state index is 12.1. The molecule has 1 saturated heterocycles. The lowest BCUT2D eigenvalue weighted by Crippen LogP contribution is -2.46. The van der Waals surface area contributed by atoms with Crippen LogP contribution in [0.5, 0.6) is 0 Å². The number of piperazine rings is 1. The molecule has 0 aromatic carbocycles. The zero-order valence-electron chi connectivity index (χ0n) is 18.5. The summed E-state index contributed by atoms with van der Waals surface area (Å²) in [5, 5.41) is 6.54. The fourth-order valence-electron chi connectivity index (χ4n) is 3.33. The highest BCUT2D eigenvalue weighted by Gasteiger charge is 2.14. The average Bonchev–Trinajstić information content (AvgIpc) is 2.69. The summed E-state index contributed by atoms with van der Waals surface area (Å²) >= 11 is 0. The van der Waals surface area contributed by atoms with Crippen molar-refractivity contribution >= 4 is 35.8 Å². The number of nitrogens with zero attached hydrogens (tertiary/aromatic N) is 4. The molecule has 0 aromatic heterocycles. The predicted molar refractivity (Wildman–Crippen MR) is 130 cm³/mol. The third-order valence-electron chi connectivity index (χ3n) is 5.16. The van der Waals surface area contributed by atoms with E-state index in [1.54, 1.807) is 0 Å². The van der Waals surface area contributed by atoms with Gasteiger partial charge in [0.25, 0.3) is 0 Å². The first-order chi connectivity index (χ1) is 13.1. The summed E-state index contributed by atoms with van der Waals surface area (Å²) in [5.41, 5.74) is 0. The number of guanidine groups is 1. The molecular formula is C20H43IN6O. The standard InChI is InChI=1S/C20H42N6O.HI/c1-5-21-20(23-13-11-19(27)26(7-3)8-4)22-12-9-10-14-25-17-15-24(6-2)16-18-25;/h5-18H2,1-4H3,(H2,21,22,23);1H. The lowest BCUT2D eigenvalue weighted by Gasteiger charge is -2.33. The van der Waals surface area contributed by atoms with E-state index in [0.29, 0.717) is 13.0 Å². The topological polar surface area (TPSA) is 63.2 Å². The Kier molecular flexibility index (Phi) is 16.9.